The maximum atomic E-state index is 11.8. The summed E-state index contributed by atoms with van der Waals surface area (Å²) in [6, 6.07) is 7.11. The van der Waals surface area contributed by atoms with Gasteiger partial charge in [-0.15, -0.1) is 0 Å². The second-order valence-electron chi connectivity index (χ2n) is 5.01. The molecule has 1 amide bonds. The first kappa shape index (κ1) is 17.3. The Morgan fingerprint density at radius 2 is 2.00 bits per heavy atom. The van der Waals surface area contributed by atoms with Crippen molar-refractivity contribution in [3.63, 3.8) is 0 Å². The van der Waals surface area contributed by atoms with E-state index in [1.165, 1.54) is 20.3 Å². The summed E-state index contributed by atoms with van der Waals surface area (Å²) in [5, 5.41) is 12.7. The number of rotatable bonds is 7. The van der Waals surface area contributed by atoms with Crippen molar-refractivity contribution < 1.29 is 19.4 Å². The number of pyridine rings is 1. The van der Waals surface area contributed by atoms with Gasteiger partial charge in [0.25, 0.3) is 0 Å². The van der Waals surface area contributed by atoms with Crippen LogP contribution in [0.15, 0.2) is 42.7 Å². The number of methoxy groups -OCH3 is 2. The molecule has 0 saturated heterocycles. The Kier molecular flexibility index (Phi) is 6.19. The SMILES string of the molecule is COc1cc(CCNC(=O)/C=C/c2cccnc2)cc(OC)c1O. The normalized spacial score (nSPS) is 10.6. The zero-order valence-electron chi connectivity index (χ0n) is 13.7. The number of amides is 1. The summed E-state index contributed by atoms with van der Waals surface area (Å²) in [5.74, 6) is 0.461. The molecule has 0 fully saturated rings. The molecule has 1 aromatic heterocycles. The number of hydrogen-bond acceptors (Lipinski definition) is 5. The highest BCUT2D eigenvalue weighted by molar-refractivity contribution is 5.91. The quantitative estimate of drug-likeness (QED) is 0.762. The van der Waals surface area contributed by atoms with Crippen molar-refractivity contribution in [1.29, 1.82) is 0 Å². The van der Waals surface area contributed by atoms with Crippen LogP contribution in [0.25, 0.3) is 6.08 Å². The molecule has 2 aromatic rings. The number of nitrogens with one attached hydrogen (secondary N) is 1. The Labute approximate surface area is 140 Å². The number of ether oxygens (including phenoxy) is 2. The van der Waals surface area contributed by atoms with Crippen LogP contribution in [-0.4, -0.2) is 36.8 Å². The topological polar surface area (TPSA) is 80.7 Å². The average molecular weight is 328 g/mol. The highest BCUT2D eigenvalue weighted by Crippen LogP contribution is 2.37. The van der Waals surface area contributed by atoms with E-state index in [4.69, 9.17) is 9.47 Å². The first-order valence-electron chi connectivity index (χ1n) is 7.44. The highest BCUT2D eigenvalue weighted by Gasteiger charge is 2.11. The number of aromatic hydroxyl groups is 1. The number of phenolic OH excluding ortho intramolecular Hbond substituents is 1. The Morgan fingerprint density at radius 3 is 2.58 bits per heavy atom. The molecule has 6 heteroatoms. The molecule has 0 bridgehead atoms. The summed E-state index contributed by atoms with van der Waals surface area (Å²) in [5.41, 5.74) is 1.75. The Bertz CT molecular complexity index is 689. The molecule has 1 aromatic carbocycles. The minimum atomic E-state index is -0.184. The molecule has 0 spiro atoms. The van der Waals surface area contributed by atoms with Crippen LogP contribution in [0, 0.1) is 0 Å². The zero-order chi connectivity index (χ0) is 17.4. The van der Waals surface area contributed by atoms with E-state index in [-0.39, 0.29) is 11.7 Å². The van der Waals surface area contributed by atoms with Gasteiger partial charge in [-0.05, 0) is 41.8 Å². The van der Waals surface area contributed by atoms with E-state index in [1.807, 2.05) is 12.1 Å². The average Bonchev–Trinajstić information content (AvgIpc) is 2.62. The third kappa shape index (κ3) is 4.74. The lowest BCUT2D eigenvalue weighted by Gasteiger charge is -2.11. The van der Waals surface area contributed by atoms with E-state index >= 15 is 0 Å². The molecule has 1 heterocycles. The molecule has 2 N–H and O–H groups in total. The Hall–Kier alpha value is -3.02. The summed E-state index contributed by atoms with van der Waals surface area (Å²) in [6.45, 7) is 0.452. The summed E-state index contributed by atoms with van der Waals surface area (Å²) in [7, 11) is 2.95. The van der Waals surface area contributed by atoms with Gasteiger partial charge in [0, 0.05) is 25.0 Å². The minimum absolute atomic E-state index is 0.0350. The number of carbonyl (C=O) groups excluding carboxylic acids is 1. The van der Waals surface area contributed by atoms with Crippen molar-refractivity contribution >= 4 is 12.0 Å². The predicted molar refractivity (Wildman–Crippen MR) is 91.2 cm³/mol. The monoisotopic (exact) mass is 328 g/mol. The largest absolute Gasteiger partial charge is 0.502 e. The molecule has 24 heavy (non-hydrogen) atoms. The van der Waals surface area contributed by atoms with E-state index in [1.54, 1.807) is 30.6 Å². The maximum Gasteiger partial charge on any atom is 0.244 e. The smallest absolute Gasteiger partial charge is 0.244 e. The number of benzene rings is 1. The lowest BCUT2D eigenvalue weighted by molar-refractivity contribution is -0.116. The van der Waals surface area contributed by atoms with Crippen molar-refractivity contribution in [2.75, 3.05) is 20.8 Å². The van der Waals surface area contributed by atoms with Gasteiger partial charge in [0.15, 0.2) is 11.5 Å². The summed E-state index contributed by atoms with van der Waals surface area (Å²) >= 11 is 0. The number of carbonyl (C=O) groups is 1. The molecule has 0 saturated carbocycles. The maximum absolute atomic E-state index is 11.8. The van der Waals surface area contributed by atoms with Crippen molar-refractivity contribution in [1.82, 2.24) is 10.3 Å². The zero-order valence-corrected chi connectivity index (χ0v) is 13.7. The fraction of sp³-hybridized carbons (Fsp3) is 0.222. The van der Waals surface area contributed by atoms with Crippen LogP contribution in [0.3, 0.4) is 0 Å². The van der Waals surface area contributed by atoms with Gasteiger partial charge in [0.05, 0.1) is 14.2 Å². The van der Waals surface area contributed by atoms with Crippen molar-refractivity contribution in [2.24, 2.45) is 0 Å². The van der Waals surface area contributed by atoms with Crippen molar-refractivity contribution in [3.8, 4) is 17.2 Å². The van der Waals surface area contributed by atoms with Crippen LogP contribution >= 0.6 is 0 Å². The predicted octanol–water partition coefficient (Wildman–Crippen LogP) is 2.18. The summed E-state index contributed by atoms with van der Waals surface area (Å²) in [6.07, 6.45) is 7.11. The second-order valence-corrected chi connectivity index (χ2v) is 5.01. The molecule has 0 aliphatic carbocycles. The molecule has 0 aliphatic rings. The van der Waals surface area contributed by atoms with E-state index in [2.05, 4.69) is 10.3 Å². The van der Waals surface area contributed by atoms with E-state index in [0.717, 1.165) is 11.1 Å². The minimum Gasteiger partial charge on any atom is -0.502 e. The van der Waals surface area contributed by atoms with Gasteiger partial charge in [-0.3, -0.25) is 9.78 Å². The van der Waals surface area contributed by atoms with Gasteiger partial charge in [-0.2, -0.15) is 0 Å². The first-order chi connectivity index (χ1) is 11.6. The van der Waals surface area contributed by atoms with E-state index in [0.29, 0.717) is 24.5 Å². The lowest BCUT2D eigenvalue weighted by atomic mass is 10.1. The molecule has 0 aliphatic heterocycles. The van der Waals surface area contributed by atoms with Gasteiger partial charge in [0.1, 0.15) is 0 Å². The van der Waals surface area contributed by atoms with Gasteiger partial charge in [-0.25, -0.2) is 0 Å². The molecule has 0 unspecified atom stereocenters. The van der Waals surface area contributed by atoms with Crippen LogP contribution in [0.4, 0.5) is 0 Å². The molecule has 6 nitrogen and oxygen atoms in total. The fourth-order valence-corrected chi connectivity index (χ4v) is 2.13. The van der Waals surface area contributed by atoms with Crippen LogP contribution in [-0.2, 0) is 11.2 Å². The van der Waals surface area contributed by atoms with Crippen LogP contribution in [0.5, 0.6) is 17.2 Å². The number of phenols is 1. The van der Waals surface area contributed by atoms with E-state index in [9.17, 15) is 9.90 Å². The summed E-state index contributed by atoms with van der Waals surface area (Å²) < 4.78 is 10.2. The van der Waals surface area contributed by atoms with Gasteiger partial charge in [0.2, 0.25) is 11.7 Å². The Balaban J connectivity index is 1.90. The molecule has 126 valence electrons. The standard InChI is InChI=1S/C18H20N2O4/c1-23-15-10-14(11-16(24-2)18(15)22)7-9-20-17(21)6-5-13-4-3-8-19-12-13/h3-6,8,10-12,22H,7,9H2,1-2H3,(H,20,21)/b6-5+. The van der Waals surface area contributed by atoms with E-state index < -0.39 is 0 Å². The lowest BCUT2D eigenvalue weighted by Crippen LogP contribution is -2.23. The third-order valence-electron chi connectivity index (χ3n) is 3.36. The number of aromatic nitrogens is 1. The highest BCUT2D eigenvalue weighted by atomic mass is 16.5. The van der Waals surface area contributed by atoms with Crippen LogP contribution in [0.1, 0.15) is 11.1 Å². The summed E-state index contributed by atoms with van der Waals surface area (Å²) in [4.78, 5) is 15.8. The fourth-order valence-electron chi connectivity index (χ4n) is 2.13. The van der Waals surface area contributed by atoms with Crippen LogP contribution in [0.2, 0.25) is 0 Å². The van der Waals surface area contributed by atoms with Gasteiger partial charge < -0.3 is 19.9 Å². The van der Waals surface area contributed by atoms with Crippen molar-refractivity contribution in [2.45, 2.75) is 6.42 Å². The van der Waals surface area contributed by atoms with Gasteiger partial charge >= 0.3 is 0 Å². The Morgan fingerprint density at radius 1 is 1.29 bits per heavy atom. The second kappa shape index (κ2) is 8.57. The third-order valence-corrected chi connectivity index (χ3v) is 3.36. The first-order valence-corrected chi connectivity index (χ1v) is 7.44. The molecule has 0 atom stereocenters. The molecule has 0 radical (unpaired) electrons. The van der Waals surface area contributed by atoms with Gasteiger partial charge in [-0.1, -0.05) is 6.07 Å². The molecule has 2 rings (SSSR count). The molecular weight excluding hydrogens is 308 g/mol. The number of nitrogens with zero attached hydrogens (tertiary/aromatic N) is 1. The van der Waals surface area contributed by atoms with Crippen LogP contribution < -0.4 is 14.8 Å². The molecular formula is C18H20N2O4. The number of hydrogen-bond donors (Lipinski definition) is 2. The van der Waals surface area contributed by atoms with Crippen molar-refractivity contribution in [3.05, 3.63) is 53.9 Å².